The van der Waals surface area contributed by atoms with Crippen LogP contribution in [0, 0.1) is 17.0 Å². The third kappa shape index (κ3) is 2.55. The molecule has 72 valence electrons. The number of aromatic nitrogens is 1. The van der Waals surface area contributed by atoms with Crippen LogP contribution in [0.1, 0.15) is 5.69 Å². The SMILES string of the molecule is COc1cc(C)ncc1[N+](=O)[O-].Cl. The van der Waals surface area contributed by atoms with Crippen molar-refractivity contribution in [2.75, 3.05) is 7.11 Å². The molecule has 5 nitrogen and oxygen atoms in total. The number of nitro groups is 1. The molecule has 1 heterocycles. The van der Waals surface area contributed by atoms with E-state index in [0.29, 0.717) is 5.69 Å². The molecule has 0 fully saturated rings. The highest BCUT2D eigenvalue weighted by atomic mass is 35.5. The molecule has 0 aliphatic rings. The standard InChI is InChI=1S/C7H8N2O3.ClH/c1-5-3-7(12-2)6(4-8-5)9(10)11;/h3-4H,1-2H3;1H. The number of aryl methyl sites for hydroxylation is 1. The first-order valence-electron chi connectivity index (χ1n) is 3.30. The van der Waals surface area contributed by atoms with E-state index in [-0.39, 0.29) is 23.8 Å². The van der Waals surface area contributed by atoms with Crippen molar-refractivity contribution in [1.29, 1.82) is 0 Å². The van der Waals surface area contributed by atoms with Crippen molar-refractivity contribution >= 4 is 18.1 Å². The summed E-state index contributed by atoms with van der Waals surface area (Å²) in [5.41, 5.74) is 0.584. The van der Waals surface area contributed by atoms with Gasteiger partial charge in [0.15, 0.2) is 5.75 Å². The second-order valence-corrected chi connectivity index (χ2v) is 2.25. The van der Waals surface area contributed by atoms with Crippen molar-refractivity contribution in [1.82, 2.24) is 4.98 Å². The Balaban J connectivity index is 0.00000144. The lowest BCUT2D eigenvalue weighted by atomic mass is 10.3. The third-order valence-corrected chi connectivity index (χ3v) is 1.40. The van der Waals surface area contributed by atoms with E-state index in [1.807, 2.05) is 0 Å². The molecule has 0 spiro atoms. The van der Waals surface area contributed by atoms with Crippen molar-refractivity contribution in [2.45, 2.75) is 6.92 Å². The Morgan fingerprint density at radius 2 is 2.23 bits per heavy atom. The van der Waals surface area contributed by atoms with Crippen LogP contribution in [0.15, 0.2) is 12.3 Å². The van der Waals surface area contributed by atoms with Gasteiger partial charge in [-0.2, -0.15) is 0 Å². The predicted octanol–water partition coefficient (Wildman–Crippen LogP) is 1.73. The zero-order chi connectivity index (χ0) is 9.14. The van der Waals surface area contributed by atoms with E-state index in [9.17, 15) is 10.1 Å². The number of ether oxygens (including phenoxy) is 1. The molecule has 0 N–H and O–H groups in total. The van der Waals surface area contributed by atoms with Crippen LogP contribution in [-0.2, 0) is 0 Å². The lowest BCUT2D eigenvalue weighted by Crippen LogP contribution is -1.95. The van der Waals surface area contributed by atoms with E-state index < -0.39 is 4.92 Å². The van der Waals surface area contributed by atoms with E-state index >= 15 is 0 Å². The van der Waals surface area contributed by atoms with E-state index in [4.69, 9.17) is 4.74 Å². The van der Waals surface area contributed by atoms with Crippen molar-refractivity contribution in [3.8, 4) is 5.75 Å². The van der Waals surface area contributed by atoms with Crippen LogP contribution in [0.25, 0.3) is 0 Å². The van der Waals surface area contributed by atoms with Gasteiger partial charge in [-0.15, -0.1) is 12.4 Å². The first-order valence-corrected chi connectivity index (χ1v) is 3.30. The maximum absolute atomic E-state index is 10.4. The van der Waals surface area contributed by atoms with Gasteiger partial charge in [0, 0.05) is 11.8 Å². The smallest absolute Gasteiger partial charge is 0.329 e. The maximum atomic E-state index is 10.4. The fraction of sp³-hybridized carbons (Fsp3) is 0.286. The van der Waals surface area contributed by atoms with Gasteiger partial charge in [0.25, 0.3) is 0 Å². The lowest BCUT2D eigenvalue weighted by molar-refractivity contribution is -0.386. The third-order valence-electron chi connectivity index (χ3n) is 1.40. The highest BCUT2D eigenvalue weighted by Gasteiger charge is 2.14. The summed E-state index contributed by atoms with van der Waals surface area (Å²) in [5, 5.41) is 10.4. The molecule has 0 aromatic carbocycles. The van der Waals surface area contributed by atoms with Crippen molar-refractivity contribution < 1.29 is 9.66 Å². The largest absolute Gasteiger partial charge is 0.490 e. The van der Waals surface area contributed by atoms with Crippen molar-refractivity contribution in [3.05, 3.63) is 28.1 Å². The zero-order valence-electron chi connectivity index (χ0n) is 7.18. The second-order valence-electron chi connectivity index (χ2n) is 2.25. The lowest BCUT2D eigenvalue weighted by Gasteiger charge is -2.00. The summed E-state index contributed by atoms with van der Waals surface area (Å²) < 4.78 is 4.81. The van der Waals surface area contributed by atoms with Gasteiger partial charge in [-0.3, -0.25) is 15.1 Å². The first kappa shape index (κ1) is 11.6. The summed E-state index contributed by atoms with van der Waals surface area (Å²) in [6, 6.07) is 1.53. The molecule has 1 aromatic rings. The highest BCUT2D eigenvalue weighted by Crippen LogP contribution is 2.25. The number of nitrogens with zero attached hydrogens (tertiary/aromatic N) is 2. The Labute approximate surface area is 81.3 Å². The van der Waals surface area contributed by atoms with Crippen LogP contribution < -0.4 is 4.74 Å². The Morgan fingerprint density at radius 1 is 1.62 bits per heavy atom. The monoisotopic (exact) mass is 204 g/mol. The molecule has 0 radical (unpaired) electrons. The van der Waals surface area contributed by atoms with Gasteiger partial charge in [-0.25, -0.2) is 0 Å². The zero-order valence-corrected chi connectivity index (χ0v) is 8.00. The number of rotatable bonds is 2. The van der Waals surface area contributed by atoms with Gasteiger partial charge in [0.05, 0.1) is 12.0 Å². The number of pyridine rings is 1. The average molecular weight is 205 g/mol. The van der Waals surface area contributed by atoms with Gasteiger partial charge < -0.3 is 4.74 Å². The van der Waals surface area contributed by atoms with Crippen molar-refractivity contribution in [3.63, 3.8) is 0 Å². The van der Waals surface area contributed by atoms with E-state index in [0.717, 1.165) is 0 Å². The summed E-state index contributed by atoms with van der Waals surface area (Å²) in [4.78, 5) is 13.6. The molecule has 1 aromatic heterocycles. The number of halogens is 1. The first-order chi connectivity index (χ1) is 5.65. The Hall–Kier alpha value is -1.36. The molecular weight excluding hydrogens is 196 g/mol. The molecule has 0 unspecified atom stereocenters. The van der Waals surface area contributed by atoms with Crippen LogP contribution in [0.5, 0.6) is 5.75 Å². The topological polar surface area (TPSA) is 65.3 Å². The van der Waals surface area contributed by atoms with Crippen LogP contribution in [0.2, 0.25) is 0 Å². The Morgan fingerprint density at radius 3 is 2.69 bits per heavy atom. The number of hydrogen-bond acceptors (Lipinski definition) is 4. The predicted molar refractivity (Wildman–Crippen MR) is 49.4 cm³/mol. The summed E-state index contributed by atoms with van der Waals surface area (Å²) in [6.45, 7) is 1.74. The van der Waals surface area contributed by atoms with Gasteiger partial charge in [-0.1, -0.05) is 0 Å². The quantitative estimate of drug-likeness (QED) is 0.544. The minimum atomic E-state index is -0.523. The van der Waals surface area contributed by atoms with Crippen LogP contribution in [0.3, 0.4) is 0 Å². The average Bonchev–Trinajstić information content (AvgIpc) is 2.03. The summed E-state index contributed by atoms with van der Waals surface area (Å²) >= 11 is 0. The molecule has 0 aliphatic heterocycles. The van der Waals surface area contributed by atoms with Crippen LogP contribution >= 0.6 is 12.4 Å². The maximum Gasteiger partial charge on any atom is 0.329 e. The molecule has 0 saturated heterocycles. The Kier molecular flexibility index (Phi) is 4.13. The highest BCUT2D eigenvalue weighted by molar-refractivity contribution is 5.85. The van der Waals surface area contributed by atoms with E-state index in [2.05, 4.69) is 4.98 Å². The molecule has 0 bridgehead atoms. The molecule has 13 heavy (non-hydrogen) atoms. The van der Waals surface area contributed by atoms with Gasteiger partial charge in [0.1, 0.15) is 6.20 Å². The van der Waals surface area contributed by atoms with E-state index in [1.165, 1.54) is 19.4 Å². The van der Waals surface area contributed by atoms with Crippen molar-refractivity contribution in [2.24, 2.45) is 0 Å². The Bertz CT molecular complexity index is 317. The molecule has 0 saturated carbocycles. The van der Waals surface area contributed by atoms with Gasteiger partial charge in [-0.05, 0) is 6.92 Å². The summed E-state index contributed by atoms with van der Waals surface area (Å²) in [5.74, 6) is 0.243. The minimum Gasteiger partial charge on any atom is -0.490 e. The fourth-order valence-electron chi connectivity index (χ4n) is 0.828. The molecule has 1 rings (SSSR count). The normalized spacial score (nSPS) is 8.77. The molecule has 6 heteroatoms. The number of methoxy groups -OCH3 is 1. The molecular formula is C7H9ClN2O3. The fourth-order valence-corrected chi connectivity index (χ4v) is 0.828. The summed E-state index contributed by atoms with van der Waals surface area (Å²) in [7, 11) is 1.39. The van der Waals surface area contributed by atoms with Crippen LogP contribution in [-0.4, -0.2) is 17.0 Å². The number of hydrogen-bond donors (Lipinski definition) is 0. The van der Waals surface area contributed by atoms with Crippen LogP contribution in [0.4, 0.5) is 5.69 Å². The second kappa shape index (κ2) is 4.61. The van der Waals surface area contributed by atoms with Gasteiger partial charge >= 0.3 is 5.69 Å². The molecule has 0 aliphatic carbocycles. The molecule has 0 atom stereocenters. The van der Waals surface area contributed by atoms with E-state index in [1.54, 1.807) is 6.92 Å². The van der Waals surface area contributed by atoms with Gasteiger partial charge in [0.2, 0.25) is 0 Å². The molecule has 0 amide bonds. The summed E-state index contributed by atoms with van der Waals surface area (Å²) in [6.07, 6.45) is 1.19. The minimum absolute atomic E-state index is 0.